The van der Waals surface area contributed by atoms with Gasteiger partial charge in [0.05, 0.1) is 23.2 Å². The van der Waals surface area contributed by atoms with Gasteiger partial charge in [-0.1, -0.05) is 6.07 Å². The first-order valence-corrected chi connectivity index (χ1v) is 12.6. The predicted octanol–water partition coefficient (Wildman–Crippen LogP) is 2.25. The third-order valence-corrected chi connectivity index (χ3v) is 7.76. The summed E-state index contributed by atoms with van der Waals surface area (Å²) < 4.78 is 10.0. The van der Waals surface area contributed by atoms with Crippen LogP contribution in [0.3, 0.4) is 0 Å². The maximum Gasteiger partial charge on any atom is 0.329 e. The average molecular weight is 442 g/mol. The Kier molecular flexibility index (Phi) is 6.97. The number of fused-ring (bicyclic) bond motifs is 1. The van der Waals surface area contributed by atoms with Crippen LogP contribution in [0.4, 0.5) is 0 Å². The van der Waals surface area contributed by atoms with Crippen molar-refractivity contribution in [2.75, 3.05) is 45.9 Å². The zero-order valence-corrected chi connectivity index (χ0v) is 19.5. The molecule has 0 spiro atoms. The van der Waals surface area contributed by atoms with Gasteiger partial charge >= 0.3 is 5.69 Å². The minimum atomic E-state index is 0.111. The summed E-state index contributed by atoms with van der Waals surface area (Å²) in [7, 11) is 1.91. The number of aromatic nitrogens is 2. The standard InChI is InChI=1S/C25H39N5O2/c1-28-24-15-20(4-5-23(24)30(25(28)31)21-3-2-10-27-16-21)17-29-13-8-19(9-14-29)18-32-22-6-11-26-12-7-22/h4-5,15,19,21-22,26-27H,2-3,6-14,16-18H2,1H3. The first-order valence-electron chi connectivity index (χ1n) is 12.6. The molecule has 7 heteroatoms. The van der Waals surface area contributed by atoms with Gasteiger partial charge in [-0.05, 0) is 94.9 Å². The van der Waals surface area contributed by atoms with Gasteiger partial charge in [0.15, 0.2) is 0 Å². The molecule has 0 amide bonds. The Labute approximate surface area is 191 Å². The van der Waals surface area contributed by atoms with E-state index in [1.165, 1.54) is 18.4 Å². The molecule has 0 radical (unpaired) electrons. The van der Waals surface area contributed by atoms with Crippen molar-refractivity contribution in [3.63, 3.8) is 0 Å². The van der Waals surface area contributed by atoms with E-state index in [-0.39, 0.29) is 11.7 Å². The van der Waals surface area contributed by atoms with Crippen LogP contribution in [0.5, 0.6) is 0 Å². The third kappa shape index (κ3) is 4.81. The number of imidazole rings is 1. The number of benzene rings is 1. The molecule has 1 aromatic heterocycles. The fourth-order valence-electron chi connectivity index (χ4n) is 5.72. The highest BCUT2D eigenvalue weighted by Crippen LogP contribution is 2.25. The minimum absolute atomic E-state index is 0.111. The van der Waals surface area contributed by atoms with Crippen molar-refractivity contribution < 1.29 is 4.74 Å². The van der Waals surface area contributed by atoms with Crippen LogP contribution in [0.15, 0.2) is 23.0 Å². The molecule has 3 aliphatic rings. The van der Waals surface area contributed by atoms with Gasteiger partial charge in [0.1, 0.15) is 0 Å². The summed E-state index contributed by atoms with van der Waals surface area (Å²) in [5, 5.41) is 6.85. The number of hydrogen-bond donors (Lipinski definition) is 2. The van der Waals surface area contributed by atoms with Crippen molar-refractivity contribution in [3.8, 4) is 0 Å². The molecular weight excluding hydrogens is 402 g/mol. The van der Waals surface area contributed by atoms with Crippen LogP contribution in [0.25, 0.3) is 11.0 Å². The van der Waals surface area contributed by atoms with Crippen molar-refractivity contribution in [2.24, 2.45) is 13.0 Å². The molecule has 1 unspecified atom stereocenters. The number of nitrogens with zero attached hydrogens (tertiary/aromatic N) is 3. The quantitative estimate of drug-likeness (QED) is 0.720. The molecular formula is C25H39N5O2. The second kappa shape index (κ2) is 10.1. The Morgan fingerprint density at radius 3 is 2.56 bits per heavy atom. The summed E-state index contributed by atoms with van der Waals surface area (Å²) >= 11 is 0. The Bertz CT molecular complexity index is 947. The Hall–Kier alpha value is -1.67. The summed E-state index contributed by atoms with van der Waals surface area (Å²) in [6, 6.07) is 6.88. The van der Waals surface area contributed by atoms with Crippen molar-refractivity contribution in [1.82, 2.24) is 24.7 Å². The normalized spacial score (nSPS) is 24.3. The van der Waals surface area contributed by atoms with Gasteiger partial charge in [-0.15, -0.1) is 0 Å². The maximum absolute atomic E-state index is 13.0. The van der Waals surface area contributed by atoms with Crippen LogP contribution in [-0.4, -0.2) is 66.0 Å². The predicted molar refractivity (Wildman–Crippen MR) is 128 cm³/mol. The highest BCUT2D eigenvalue weighted by Gasteiger charge is 2.23. The van der Waals surface area contributed by atoms with Crippen molar-refractivity contribution >= 4 is 11.0 Å². The van der Waals surface area contributed by atoms with E-state index in [9.17, 15) is 4.79 Å². The van der Waals surface area contributed by atoms with E-state index in [1.807, 2.05) is 16.2 Å². The molecule has 7 nitrogen and oxygen atoms in total. The molecule has 32 heavy (non-hydrogen) atoms. The van der Waals surface area contributed by atoms with Crippen LogP contribution < -0.4 is 16.3 Å². The number of piperidine rings is 3. The summed E-state index contributed by atoms with van der Waals surface area (Å²) in [6.45, 7) is 8.29. The molecule has 0 bridgehead atoms. The third-order valence-electron chi connectivity index (χ3n) is 7.76. The molecule has 0 aliphatic carbocycles. The van der Waals surface area contributed by atoms with Gasteiger partial charge in [0.25, 0.3) is 0 Å². The Morgan fingerprint density at radius 2 is 1.81 bits per heavy atom. The molecule has 3 fully saturated rings. The smallest absolute Gasteiger partial charge is 0.329 e. The van der Waals surface area contributed by atoms with Gasteiger partial charge in [0.2, 0.25) is 0 Å². The average Bonchev–Trinajstić information content (AvgIpc) is 3.09. The Balaban J connectivity index is 1.19. The van der Waals surface area contributed by atoms with E-state index in [2.05, 4.69) is 33.7 Å². The number of aryl methyl sites for hydroxylation is 1. The first-order chi connectivity index (χ1) is 15.7. The summed E-state index contributed by atoms with van der Waals surface area (Å²) in [6.07, 6.45) is 7.41. The monoisotopic (exact) mass is 441 g/mol. The summed E-state index contributed by atoms with van der Waals surface area (Å²) in [5.41, 5.74) is 3.55. The van der Waals surface area contributed by atoms with Crippen molar-refractivity contribution in [1.29, 1.82) is 0 Å². The molecule has 2 N–H and O–H groups in total. The summed E-state index contributed by atoms with van der Waals surface area (Å²) in [4.78, 5) is 15.5. The lowest BCUT2D eigenvalue weighted by Crippen LogP contribution is -2.37. The molecule has 3 aliphatic heterocycles. The van der Waals surface area contributed by atoms with Crippen LogP contribution in [0.1, 0.15) is 50.1 Å². The molecule has 2 aromatic rings. The number of ether oxygens (including phenoxy) is 1. The number of nitrogens with one attached hydrogen (secondary N) is 2. The van der Waals surface area contributed by atoms with Crippen LogP contribution >= 0.6 is 0 Å². The topological polar surface area (TPSA) is 63.5 Å². The van der Waals surface area contributed by atoms with E-state index >= 15 is 0 Å². The maximum atomic E-state index is 13.0. The van der Waals surface area contributed by atoms with E-state index in [1.54, 1.807) is 0 Å². The lowest BCUT2D eigenvalue weighted by molar-refractivity contribution is -0.00223. The van der Waals surface area contributed by atoms with Crippen LogP contribution in [0.2, 0.25) is 0 Å². The molecule has 176 valence electrons. The molecule has 3 saturated heterocycles. The zero-order chi connectivity index (χ0) is 21.9. The van der Waals surface area contributed by atoms with Gasteiger partial charge < -0.3 is 15.4 Å². The Morgan fingerprint density at radius 1 is 1.00 bits per heavy atom. The molecule has 0 saturated carbocycles. The van der Waals surface area contributed by atoms with E-state index in [0.717, 1.165) is 89.1 Å². The number of likely N-dealkylation sites (tertiary alicyclic amines) is 1. The molecule has 1 aromatic carbocycles. The van der Waals surface area contributed by atoms with Gasteiger partial charge in [-0.2, -0.15) is 0 Å². The largest absolute Gasteiger partial charge is 0.378 e. The van der Waals surface area contributed by atoms with Crippen LogP contribution in [0, 0.1) is 5.92 Å². The fourth-order valence-corrected chi connectivity index (χ4v) is 5.72. The van der Waals surface area contributed by atoms with Gasteiger partial charge in [-0.3, -0.25) is 14.0 Å². The first kappa shape index (κ1) is 22.1. The van der Waals surface area contributed by atoms with Gasteiger partial charge in [0, 0.05) is 26.7 Å². The van der Waals surface area contributed by atoms with E-state index in [4.69, 9.17) is 4.74 Å². The van der Waals surface area contributed by atoms with E-state index < -0.39 is 0 Å². The zero-order valence-electron chi connectivity index (χ0n) is 19.5. The SMILES string of the molecule is Cn1c(=O)n(C2CCCNC2)c2ccc(CN3CCC(COC4CCNCC4)CC3)cc21. The lowest BCUT2D eigenvalue weighted by Gasteiger charge is -2.33. The summed E-state index contributed by atoms with van der Waals surface area (Å²) in [5.74, 6) is 0.697. The fraction of sp³-hybridized carbons (Fsp3) is 0.720. The highest BCUT2D eigenvalue weighted by atomic mass is 16.5. The second-order valence-corrected chi connectivity index (χ2v) is 10.0. The minimum Gasteiger partial charge on any atom is -0.378 e. The highest BCUT2D eigenvalue weighted by molar-refractivity contribution is 5.77. The molecule has 4 heterocycles. The van der Waals surface area contributed by atoms with Crippen molar-refractivity contribution in [3.05, 3.63) is 34.2 Å². The number of rotatable bonds is 6. The van der Waals surface area contributed by atoms with Crippen LogP contribution in [-0.2, 0) is 18.3 Å². The molecule has 5 rings (SSSR count). The molecule has 1 atom stereocenters. The number of hydrogen-bond acceptors (Lipinski definition) is 5. The van der Waals surface area contributed by atoms with E-state index in [0.29, 0.717) is 12.0 Å². The second-order valence-electron chi connectivity index (χ2n) is 10.0. The van der Waals surface area contributed by atoms with Gasteiger partial charge in [-0.25, -0.2) is 4.79 Å². The lowest BCUT2D eigenvalue weighted by atomic mass is 9.97. The van der Waals surface area contributed by atoms with Crippen molar-refractivity contribution in [2.45, 2.75) is 57.2 Å².